The zero-order chi connectivity index (χ0) is 18.2. The summed E-state index contributed by atoms with van der Waals surface area (Å²) in [5.41, 5.74) is 0. The monoisotopic (exact) mass is 392 g/mol. The molecule has 26 heavy (non-hydrogen) atoms. The Morgan fingerprint density at radius 1 is 1.38 bits per heavy atom. The van der Waals surface area contributed by atoms with Crippen molar-refractivity contribution >= 4 is 29.0 Å². The highest BCUT2D eigenvalue weighted by Crippen LogP contribution is 2.25. The number of thioether (sulfide) groups is 1. The second kappa shape index (κ2) is 9.56. The lowest BCUT2D eigenvalue weighted by Crippen LogP contribution is -2.27. The summed E-state index contributed by atoms with van der Waals surface area (Å²) in [5, 5.41) is 14.0. The lowest BCUT2D eigenvalue weighted by molar-refractivity contribution is -0.118. The molecule has 0 aliphatic carbocycles. The van der Waals surface area contributed by atoms with Crippen LogP contribution in [0.25, 0.3) is 10.7 Å². The second-order valence-electron chi connectivity index (χ2n) is 5.47. The number of hydrogen-bond donors (Lipinski definition) is 1. The lowest BCUT2D eigenvalue weighted by atomic mass is 10.4. The summed E-state index contributed by atoms with van der Waals surface area (Å²) < 4.78 is 12.6. The van der Waals surface area contributed by atoms with Crippen LogP contribution in [-0.2, 0) is 23.2 Å². The topological polar surface area (TPSA) is 82.2 Å². The fourth-order valence-electron chi connectivity index (χ4n) is 2.21. The molecule has 7 nitrogen and oxygen atoms in total. The van der Waals surface area contributed by atoms with Crippen LogP contribution in [0.15, 0.2) is 45.5 Å². The summed E-state index contributed by atoms with van der Waals surface area (Å²) in [6.45, 7) is 1.61. The van der Waals surface area contributed by atoms with Crippen LogP contribution in [-0.4, -0.2) is 39.6 Å². The average Bonchev–Trinajstić information content (AvgIpc) is 3.38. The molecule has 3 heterocycles. The Morgan fingerprint density at radius 3 is 3.08 bits per heavy atom. The van der Waals surface area contributed by atoms with Gasteiger partial charge in [-0.15, -0.1) is 21.5 Å². The Bertz CT molecular complexity index is 800. The van der Waals surface area contributed by atoms with Crippen LogP contribution in [0, 0.1) is 0 Å². The molecule has 0 atom stereocenters. The Hall–Kier alpha value is -2.10. The maximum absolute atomic E-state index is 11.9. The first-order valence-corrected chi connectivity index (χ1v) is 10.0. The standard InChI is InChI=1S/C17H20N4O3S2/c1-21-16(14-6-3-10-25-14)19-20-17(21)26-12-15(22)18-7-4-8-23-11-13-5-2-9-24-13/h2-3,5-6,9-10H,4,7-8,11-12H2,1H3,(H,18,22). The Morgan fingerprint density at radius 2 is 2.31 bits per heavy atom. The van der Waals surface area contributed by atoms with Crippen molar-refractivity contribution < 1.29 is 13.9 Å². The van der Waals surface area contributed by atoms with Gasteiger partial charge >= 0.3 is 0 Å². The highest BCUT2D eigenvalue weighted by atomic mass is 32.2. The summed E-state index contributed by atoms with van der Waals surface area (Å²) >= 11 is 2.99. The van der Waals surface area contributed by atoms with Gasteiger partial charge in [0.1, 0.15) is 12.4 Å². The van der Waals surface area contributed by atoms with Crippen molar-refractivity contribution in [3.63, 3.8) is 0 Å². The molecular formula is C17H20N4O3S2. The molecule has 1 amide bonds. The first kappa shape index (κ1) is 18.7. The van der Waals surface area contributed by atoms with Gasteiger partial charge in [-0.25, -0.2) is 0 Å². The number of ether oxygens (including phenoxy) is 1. The van der Waals surface area contributed by atoms with Gasteiger partial charge in [-0.2, -0.15) is 0 Å². The number of rotatable bonds is 10. The summed E-state index contributed by atoms with van der Waals surface area (Å²) in [6, 6.07) is 7.68. The highest BCUT2D eigenvalue weighted by Gasteiger charge is 2.13. The molecule has 0 bridgehead atoms. The number of hydrogen-bond acceptors (Lipinski definition) is 7. The number of nitrogens with zero attached hydrogens (tertiary/aromatic N) is 3. The van der Waals surface area contributed by atoms with E-state index in [1.54, 1.807) is 17.6 Å². The Balaban J connectivity index is 1.32. The predicted molar refractivity (Wildman–Crippen MR) is 101 cm³/mol. The van der Waals surface area contributed by atoms with E-state index in [0.29, 0.717) is 25.5 Å². The normalized spacial score (nSPS) is 11.0. The summed E-state index contributed by atoms with van der Waals surface area (Å²) in [6.07, 6.45) is 2.38. The van der Waals surface area contributed by atoms with Crippen molar-refractivity contribution in [2.24, 2.45) is 7.05 Å². The van der Waals surface area contributed by atoms with E-state index in [9.17, 15) is 4.79 Å². The Kier molecular flexibility index (Phi) is 6.87. The van der Waals surface area contributed by atoms with Gasteiger partial charge in [0.15, 0.2) is 11.0 Å². The predicted octanol–water partition coefficient (Wildman–Crippen LogP) is 2.95. The van der Waals surface area contributed by atoms with Crippen molar-refractivity contribution in [2.75, 3.05) is 18.9 Å². The SMILES string of the molecule is Cn1c(SCC(=O)NCCCOCc2ccco2)nnc1-c1cccs1. The average molecular weight is 393 g/mol. The minimum atomic E-state index is -0.0262. The van der Waals surface area contributed by atoms with E-state index in [0.717, 1.165) is 28.0 Å². The molecular weight excluding hydrogens is 372 g/mol. The third kappa shape index (κ3) is 5.20. The van der Waals surface area contributed by atoms with E-state index < -0.39 is 0 Å². The lowest BCUT2D eigenvalue weighted by Gasteiger charge is -2.06. The van der Waals surface area contributed by atoms with Crippen LogP contribution in [0.3, 0.4) is 0 Å². The Labute approximate surface area is 159 Å². The molecule has 138 valence electrons. The first-order chi connectivity index (χ1) is 12.7. The van der Waals surface area contributed by atoms with Crippen molar-refractivity contribution in [2.45, 2.75) is 18.2 Å². The first-order valence-electron chi connectivity index (χ1n) is 8.17. The van der Waals surface area contributed by atoms with Crippen LogP contribution < -0.4 is 5.32 Å². The molecule has 3 aromatic rings. The van der Waals surface area contributed by atoms with Crippen molar-refractivity contribution in [1.82, 2.24) is 20.1 Å². The molecule has 9 heteroatoms. The van der Waals surface area contributed by atoms with Crippen molar-refractivity contribution in [1.29, 1.82) is 0 Å². The van der Waals surface area contributed by atoms with E-state index >= 15 is 0 Å². The summed E-state index contributed by atoms with van der Waals surface area (Å²) in [4.78, 5) is 13.0. The van der Waals surface area contributed by atoms with Gasteiger partial charge in [-0.05, 0) is 30.0 Å². The van der Waals surface area contributed by atoms with Gasteiger partial charge in [0.25, 0.3) is 0 Å². The quantitative estimate of drug-likeness (QED) is 0.422. The molecule has 1 N–H and O–H groups in total. The second-order valence-corrected chi connectivity index (χ2v) is 7.36. The van der Waals surface area contributed by atoms with Gasteiger partial charge in [0.2, 0.25) is 5.91 Å². The largest absolute Gasteiger partial charge is 0.467 e. The number of aromatic nitrogens is 3. The molecule has 3 rings (SSSR count). The minimum Gasteiger partial charge on any atom is -0.467 e. The smallest absolute Gasteiger partial charge is 0.230 e. The molecule has 0 saturated heterocycles. The van der Waals surface area contributed by atoms with E-state index in [1.165, 1.54) is 11.8 Å². The maximum Gasteiger partial charge on any atom is 0.230 e. The number of amides is 1. The van der Waals surface area contributed by atoms with Gasteiger partial charge in [0.05, 0.1) is 16.9 Å². The highest BCUT2D eigenvalue weighted by molar-refractivity contribution is 7.99. The number of thiophene rings is 1. The molecule has 0 aromatic carbocycles. The molecule has 3 aromatic heterocycles. The third-order valence-electron chi connectivity index (χ3n) is 3.52. The zero-order valence-electron chi connectivity index (χ0n) is 14.4. The molecule has 0 radical (unpaired) electrons. The fraction of sp³-hybridized carbons (Fsp3) is 0.353. The molecule has 0 spiro atoms. The summed E-state index contributed by atoms with van der Waals surface area (Å²) in [7, 11) is 1.91. The minimum absolute atomic E-state index is 0.0262. The van der Waals surface area contributed by atoms with Crippen LogP contribution in [0.1, 0.15) is 12.2 Å². The fourth-order valence-corrected chi connectivity index (χ4v) is 3.70. The molecule has 0 aliphatic rings. The van der Waals surface area contributed by atoms with Gasteiger partial charge in [-0.1, -0.05) is 17.8 Å². The number of furan rings is 1. The third-order valence-corrected chi connectivity index (χ3v) is 5.41. The number of carbonyl (C=O) groups excluding carboxylic acids is 1. The van der Waals surface area contributed by atoms with Crippen LogP contribution >= 0.6 is 23.1 Å². The zero-order valence-corrected chi connectivity index (χ0v) is 16.0. The number of nitrogens with one attached hydrogen (secondary N) is 1. The van der Waals surface area contributed by atoms with E-state index in [1.807, 2.05) is 41.3 Å². The van der Waals surface area contributed by atoms with Crippen LogP contribution in [0.4, 0.5) is 0 Å². The molecule has 0 saturated carbocycles. The van der Waals surface area contributed by atoms with Crippen LogP contribution in [0.2, 0.25) is 0 Å². The van der Waals surface area contributed by atoms with Gasteiger partial charge < -0.3 is 19.0 Å². The number of carbonyl (C=O) groups is 1. The van der Waals surface area contributed by atoms with E-state index in [-0.39, 0.29) is 5.91 Å². The van der Waals surface area contributed by atoms with E-state index in [2.05, 4.69) is 15.5 Å². The van der Waals surface area contributed by atoms with E-state index in [4.69, 9.17) is 9.15 Å². The van der Waals surface area contributed by atoms with Crippen molar-refractivity contribution in [3.8, 4) is 10.7 Å². The van der Waals surface area contributed by atoms with Gasteiger partial charge in [-0.3, -0.25) is 4.79 Å². The maximum atomic E-state index is 11.9. The van der Waals surface area contributed by atoms with Crippen molar-refractivity contribution in [3.05, 3.63) is 41.7 Å². The van der Waals surface area contributed by atoms with Gasteiger partial charge in [0, 0.05) is 20.2 Å². The summed E-state index contributed by atoms with van der Waals surface area (Å²) in [5.74, 6) is 1.90. The van der Waals surface area contributed by atoms with Crippen LogP contribution in [0.5, 0.6) is 0 Å². The molecule has 0 unspecified atom stereocenters. The molecule has 0 aliphatic heterocycles. The molecule has 0 fully saturated rings.